The smallest absolute Gasteiger partial charge is 0.0547 e. The molecule has 0 saturated carbocycles. The molecule has 0 aliphatic rings. The predicted molar refractivity (Wildman–Crippen MR) is 178 cm³/mol. The van der Waals surface area contributed by atoms with E-state index in [1.807, 2.05) is 0 Å². The Bertz CT molecular complexity index is 2460. The van der Waals surface area contributed by atoms with Gasteiger partial charge in [0.05, 0.1) is 22.1 Å². The Morgan fingerprint density at radius 3 is 1.83 bits per heavy atom. The van der Waals surface area contributed by atoms with Crippen LogP contribution >= 0.6 is 0 Å². The predicted octanol–water partition coefficient (Wildman–Crippen LogP) is 10.7. The van der Waals surface area contributed by atoms with Gasteiger partial charge in [-0.05, 0) is 70.4 Å². The second kappa shape index (κ2) is 8.95. The van der Waals surface area contributed by atoms with Crippen molar-refractivity contribution in [2.24, 2.45) is 0 Å². The second-order valence-electron chi connectivity index (χ2n) is 11.0. The van der Waals surface area contributed by atoms with Crippen molar-refractivity contribution < 1.29 is 0 Å². The van der Waals surface area contributed by atoms with Crippen LogP contribution in [0.4, 0.5) is 0 Å². The molecule has 2 heterocycles. The first kappa shape index (κ1) is 23.1. The molecule has 0 aliphatic heterocycles. The van der Waals surface area contributed by atoms with E-state index < -0.39 is 0 Å². The third-order valence-electron chi connectivity index (χ3n) is 8.69. The van der Waals surface area contributed by atoms with Crippen LogP contribution in [0.25, 0.3) is 76.9 Å². The molecular weight excluding hydrogens is 508 g/mol. The monoisotopic (exact) mass is 534 g/mol. The van der Waals surface area contributed by atoms with Crippen LogP contribution in [0.1, 0.15) is 0 Å². The van der Waals surface area contributed by atoms with Crippen LogP contribution < -0.4 is 0 Å². The van der Waals surface area contributed by atoms with Gasteiger partial charge >= 0.3 is 0 Å². The molecule has 42 heavy (non-hydrogen) atoms. The minimum Gasteiger partial charge on any atom is -0.309 e. The Hall–Kier alpha value is -5.60. The summed E-state index contributed by atoms with van der Waals surface area (Å²) >= 11 is 0. The molecule has 0 unspecified atom stereocenters. The maximum absolute atomic E-state index is 2.42. The first-order valence-corrected chi connectivity index (χ1v) is 14.5. The zero-order valence-corrected chi connectivity index (χ0v) is 22.9. The van der Waals surface area contributed by atoms with Crippen molar-refractivity contribution in [3.63, 3.8) is 0 Å². The molecule has 0 saturated heterocycles. The summed E-state index contributed by atoms with van der Waals surface area (Å²) in [4.78, 5) is 0. The number of hydrogen-bond acceptors (Lipinski definition) is 0. The lowest BCUT2D eigenvalue weighted by Crippen LogP contribution is -1.94. The van der Waals surface area contributed by atoms with Gasteiger partial charge in [-0.25, -0.2) is 0 Å². The molecule has 2 nitrogen and oxygen atoms in total. The molecule has 2 heteroatoms. The van der Waals surface area contributed by atoms with Gasteiger partial charge in [-0.2, -0.15) is 0 Å². The Morgan fingerprint density at radius 1 is 0.333 bits per heavy atom. The number of rotatable bonds is 3. The first-order valence-electron chi connectivity index (χ1n) is 14.5. The highest BCUT2D eigenvalue weighted by Gasteiger charge is 2.18. The maximum Gasteiger partial charge on any atom is 0.0547 e. The summed E-state index contributed by atoms with van der Waals surface area (Å²) in [5.41, 5.74) is 9.69. The van der Waals surface area contributed by atoms with Crippen LogP contribution in [-0.4, -0.2) is 9.13 Å². The van der Waals surface area contributed by atoms with E-state index in [9.17, 15) is 0 Å². The molecule has 0 fully saturated rings. The van der Waals surface area contributed by atoms with Gasteiger partial charge in [0.15, 0.2) is 0 Å². The van der Waals surface area contributed by atoms with E-state index in [0.29, 0.717) is 0 Å². The van der Waals surface area contributed by atoms with Crippen LogP contribution in [0.5, 0.6) is 0 Å². The quantitative estimate of drug-likeness (QED) is 0.213. The zero-order chi connectivity index (χ0) is 27.6. The third kappa shape index (κ3) is 3.33. The first-order chi connectivity index (χ1) is 20.8. The van der Waals surface area contributed by atoms with E-state index in [2.05, 4.69) is 167 Å². The molecule has 0 radical (unpaired) electrons. The van der Waals surface area contributed by atoms with Crippen molar-refractivity contribution in [1.82, 2.24) is 9.13 Å². The summed E-state index contributed by atoms with van der Waals surface area (Å²) < 4.78 is 4.81. The lowest BCUT2D eigenvalue weighted by atomic mass is 9.98. The Kier molecular flexibility index (Phi) is 4.93. The topological polar surface area (TPSA) is 9.86 Å². The molecule has 0 N–H and O–H groups in total. The average Bonchev–Trinajstić information content (AvgIpc) is 3.57. The molecule has 0 atom stereocenters. The molecule has 0 bridgehead atoms. The summed E-state index contributed by atoms with van der Waals surface area (Å²) in [5.74, 6) is 0. The molecule has 0 spiro atoms. The van der Waals surface area contributed by atoms with Crippen molar-refractivity contribution in [1.29, 1.82) is 0 Å². The van der Waals surface area contributed by atoms with Crippen molar-refractivity contribution in [2.45, 2.75) is 0 Å². The van der Waals surface area contributed by atoms with Crippen molar-refractivity contribution in [3.05, 3.63) is 158 Å². The van der Waals surface area contributed by atoms with Crippen molar-refractivity contribution >= 4 is 54.4 Å². The van der Waals surface area contributed by atoms with E-state index in [4.69, 9.17) is 0 Å². The molecule has 9 rings (SSSR count). The Labute approximate surface area is 243 Å². The van der Waals surface area contributed by atoms with Gasteiger partial charge in [-0.1, -0.05) is 109 Å². The number of hydrogen-bond donors (Lipinski definition) is 0. The third-order valence-corrected chi connectivity index (χ3v) is 8.69. The number of benzene rings is 7. The van der Waals surface area contributed by atoms with E-state index in [1.54, 1.807) is 0 Å². The average molecular weight is 535 g/mol. The fourth-order valence-corrected chi connectivity index (χ4v) is 6.85. The highest BCUT2D eigenvalue weighted by atomic mass is 15.0. The van der Waals surface area contributed by atoms with Crippen molar-refractivity contribution in [3.8, 4) is 22.5 Å². The van der Waals surface area contributed by atoms with Gasteiger partial charge in [-0.3, -0.25) is 0 Å². The molecule has 7 aromatic carbocycles. The summed E-state index contributed by atoms with van der Waals surface area (Å²) in [5, 5.41) is 7.59. The van der Waals surface area contributed by atoms with Gasteiger partial charge in [-0.15, -0.1) is 0 Å². The lowest BCUT2D eigenvalue weighted by Gasteiger charge is -2.11. The van der Waals surface area contributed by atoms with Crippen LogP contribution in [0.3, 0.4) is 0 Å². The molecule has 2 aromatic heterocycles. The number of nitrogens with zero attached hydrogens (tertiary/aromatic N) is 2. The molecular formula is C40H26N2. The summed E-state index contributed by atoms with van der Waals surface area (Å²) in [6, 6.07) is 57.2. The zero-order valence-electron chi connectivity index (χ0n) is 22.9. The SMILES string of the molecule is c1ccc(-n2c3ccccc3c3ccc(-c4cccc5c4c4ccccc4n5-c4ccc5ccccc5c4)cc32)cc1. The highest BCUT2D eigenvalue weighted by Crippen LogP contribution is 2.41. The number of fused-ring (bicyclic) bond motifs is 7. The summed E-state index contributed by atoms with van der Waals surface area (Å²) in [6.45, 7) is 0. The Morgan fingerprint density at radius 2 is 0.976 bits per heavy atom. The number of aromatic nitrogens is 2. The van der Waals surface area contributed by atoms with Gasteiger partial charge in [0, 0.05) is 32.9 Å². The largest absolute Gasteiger partial charge is 0.309 e. The summed E-state index contributed by atoms with van der Waals surface area (Å²) in [6.07, 6.45) is 0. The van der Waals surface area contributed by atoms with Gasteiger partial charge in [0.1, 0.15) is 0 Å². The van der Waals surface area contributed by atoms with Crippen LogP contribution in [-0.2, 0) is 0 Å². The maximum atomic E-state index is 2.42. The van der Waals surface area contributed by atoms with Crippen LogP contribution in [0.15, 0.2) is 158 Å². The normalized spacial score (nSPS) is 11.8. The van der Waals surface area contributed by atoms with E-state index >= 15 is 0 Å². The molecule has 9 aromatic rings. The fourth-order valence-electron chi connectivity index (χ4n) is 6.85. The van der Waals surface area contributed by atoms with Gasteiger partial charge < -0.3 is 9.13 Å². The van der Waals surface area contributed by atoms with Crippen molar-refractivity contribution in [2.75, 3.05) is 0 Å². The van der Waals surface area contributed by atoms with E-state index in [-0.39, 0.29) is 0 Å². The standard InChI is InChI=1S/C40H26N2/c1-2-13-30(14-3-1)41-36-18-8-6-15-33(36)34-24-22-29(26-39(34)41)32-17-10-20-38-40(32)35-16-7-9-19-37(35)42(38)31-23-21-27-11-4-5-12-28(27)25-31/h1-26H. The molecule has 196 valence electrons. The lowest BCUT2D eigenvalue weighted by molar-refractivity contribution is 1.18. The number of para-hydroxylation sites is 3. The van der Waals surface area contributed by atoms with Crippen LogP contribution in [0, 0.1) is 0 Å². The van der Waals surface area contributed by atoms with Gasteiger partial charge in [0.2, 0.25) is 0 Å². The summed E-state index contributed by atoms with van der Waals surface area (Å²) in [7, 11) is 0. The molecule has 0 amide bonds. The minimum atomic E-state index is 1.17. The fraction of sp³-hybridized carbons (Fsp3) is 0. The van der Waals surface area contributed by atoms with Crippen LogP contribution in [0.2, 0.25) is 0 Å². The highest BCUT2D eigenvalue weighted by molar-refractivity contribution is 6.17. The second-order valence-corrected chi connectivity index (χ2v) is 11.0. The Balaban J connectivity index is 1.34. The molecule has 0 aliphatic carbocycles. The minimum absolute atomic E-state index is 1.17. The van der Waals surface area contributed by atoms with E-state index in [0.717, 1.165) is 0 Å². The van der Waals surface area contributed by atoms with E-state index in [1.165, 1.54) is 76.9 Å². The van der Waals surface area contributed by atoms with Gasteiger partial charge in [0.25, 0.3) is 0 Å².